The first kappa shape index (κ1) is 14.9. The summed E-state index contributed by atoms with van der Waals surface area (Å²) in [6.45, 7) is 0.968. The van der Waals surface area contributed by atoms with E-state index >= 15 is 0 Å². The van der Waals surface area contributed by atoms with Crippen LogP contribution in [-0.2, 0) is 0 Å². The van der Waals surface area contributed by atoms with Gasteiger partial charge in [0.15, 0.2) is 20.8 Å². The van der Waals surface area contributed by atoms with E-state index in [1.807, 2.05) is 0 Å². The molecule has 4 rings (SSSR count). The van der Waals surface area contributed by atoms with Crippen molar-refractivity contribution in [1.82, 2.24) is 19.7 Å². The summed E-state index contributed by atoms with van der Waals surface area (Å²) < 4.78 is 13.1. The lowest BCUT2D eigenvalue weighted by atomic mass is 10.2. The Labute approximate surface area is 143 Å². The van der Waals surface area contributed by atoms with Gasteiger partial charge in [0, 0.05) is 6.07 Å². The SMILES string of the molecule is O=Nc1cnc(Sc2nnc(O)n2-c2ccc3c(c2)OCCO3)s1. The van der Waals surface area contributed by atoms with Gasteiger partial charge in [0.25, 0.3) is 0 Å². The van der Waals surface area contributed by atoms with Gasteiger partial charge in [-0.25, -0.2) is 9.55 Å². The Morgan fingerprint density at radius 3 is 2.88 bits per heavy atom. The number of hydrogen-bond acceptors (Lipinski definition) is 10. The van der Waals surface area contributed by atoms with Crippen LogP contribution in [0.4, 0.5) is 5.00 Å². The van der Waals surface area contributed by atoms with Crippen LogP contribution in [0.25, 0.3) is 5.69 Å². The Morgan fingerprint density at radius 1 is 1.25 bits per heavy atom. The molecular weight excluding hydrogens is 354 g/mol. The van der Waals surface area contributed by atoms with Gasteiger partial charge in [-0.05, 0) is 29.1 Å². The highest BCUT2D eigenvalue weighted by Crippen LogP contribution is 2.38. The van der Waals surface area contributed by atoms with E-state index in [0.717, 1.165) is 11.3 Å². The number of thiazole rings is 1. The highest BCUT2D eigenvalue weighted by molar-refractivity contribution is 8.01. The minimum Gasteiger partial charge on any atom is -0.486 e. The van der Waals surface area contributed by atoms with Gasteiger partial charge in [-0.15, -0.1) is 10.0 Å². The van der Waals surface area contributed by atoms with E-state index in [4.69, 9.17) is 9.47 Å². The fourth-order valence-corrected chi connectivity index (χ4v) is 3.84. The number of nitrogens with zero attached hydrogens (tertiary/aromatic N) is 5. The summed E-state index contributed by atoms with van der Waals surface area (Å²) in [5, 5.41) is 21.2. The zero-order chi connectivity index (χ0) is 16.5. The van der Waals surface area contributed by atoms with Crippen molar-refractivity contribution in [3.05, 3.63) is 29.3 Å². The van der Waals surface area contributed by atoms with Gasteiger partial charge in [-0.2, -0.15) is 0 Å². The second-order valence-electron chi connectivity index (χ2n) is 4.60. The first-order valence-electron chi connectivity index (χ1n) is 6.76. The largest absolute Gasteiger partial charge is 0.486 e. The van der Waals surface area contributed by atoms with E-state index in [1.165, 1.54) is 22.5 Å². The molecule has 0 radical (unpaired) electrons. The van der Waals surface area contributed by atoms with Gasteiger partial charge in [0.05, 0.1) is 11.9 Å². The maximum Gasteiger partial charge on any atom is 0.319 e. The van der Waals surface area contributed by atoms with Gasteiger partial charge in [0.2, 0.25) is 5.16 Å². The smallest absolute Gasteiger partial charge is 0.319 e. The molecular formula is C13H9N5O4S2. The zero-order valence-corrected chi connectivity index (χ0v) is 13.6. The van der Waals surface area contributed by atoms with Crippen molar-refractivity contribution >= 4 is 28.1 Å². The quantitative estimate of drug-likeness (QED) is 0.704. The third-order valence-corrected chi connectivity index (χ3v) is 5.04. The second-order valence-corrected chi connectivity index (χ2v) is 6.83. The topological polar surface area (TPSA) is 112 Å². The van der Waals surface area contributed by atoms with Crippen LogP contribution in [-0.4, -0.2) is 38.1 Å². The van der Waals surface area contributed by atoms with E-state index in [-0.39, 0.29) is 11.0 Å². The number of fused-ring (bicyclic) bond motifs is 1. The summed E-state index contributed by atoms with van der Waals surface area (Å²) in [5.41, 5.74) is 0.620. The van der Waals surface area contributed by atoms with Crippen molar-refractivity contribution < 1.29 is 14.6 Å². The molecule has 9 nitrogen and oxygen atoms in total. The summed E-state index contributed by atoms with van der Waals surface area (Å²) in [5.74, 6) is 1.23. The average Bonchev–Trinajstić information content (AvgIpc) is 3.21. The molecule has 122 valence electrons. The molecule has 0 spiro atoms. The molecule has 0 saturated carbocycles. The number of aromatic hydroxyl groups is 1. The summed E-state index contributed by atoms with van der Waals surface area (Å²) in [6.07, 6.45) is 1.38. The van der Waals surface area contributed by atoms with Gasteiger partial charge in [-0.1, -0.05) is 16.4 Å². The van der Waals surface area contributed by atoms with Gasteiger partial charge >= 0.3 is 6.01 Å². The molecule has 11 heteroatoms. The van der Waals surface area contributed by atoms with Crippen LogP contribution in [0.2, 0.25) is 0 Å². The average molecular weight is 363 g/mol. The molecule has 0 fully saturated rings. The molecule has 3 aromatic rings. The van der Waals surface area contributed by atoms with Crippen molar-refractivity contribution in [3.8, 4) is 23.2 Å². The first-order valence-corrected chi connectivity index (χ1v) is 8.39. The summed E-state index contributed by atoms with van der Waals surface area (Å²) >= 11 is 2.30. The van der Waals surface area contributed by atoms with Crippen molar-refractivity contribution in [2.24, 2.45) is 5.18 Å². The summed E-state index contributed by atoms with van der Waals surface area (Å²) in [7, 11) is 0. The lowest BCUT2D eigenvalue weighted by Crippen LogP contribution is -2.15. The zero-order valence-electron chi connectivity index (χ0n) is 11.9. The molecule has 0 bridgehead atoms. The third-order valence-electron chi connectivity index (χ3n) is 3.14. The highest BCUT2D eigenvalue weighted by Gasteiger charge is 2.19. The van der Waals surface area contributed by atoms with Crippen LogP contribution < -0.4 is 9.47 Å². The minimum atomic E-state index is -0.264. The molecule has 0 aliphatic carbocycles. The highest BCUT2D eigenvalue weighted by atomic mass is 32.2. The molecule has 3 heterocycles. The van der Waals surface area contributed by atoms with E-state index in [0.29, 0.717) is 39.9 Å². The Kier molecular flexibility index (Phi) is 3.78. The lowest BCUT2D eigenvalue weighted by Gasteiger charge is -2.19. The predicted molar refractivity (Wildman–Crippen MR) is 85.7 cm³/mol. The Morgan fingerprint density at radius 2 is 2.08 bits per heavy atom. The van der Waals surface area contributed by atoms with E-state index < -0.39 is 0 Å². The predicted octanol–water partition coefficient (Wildman–Crippen LogP) is 2.75. The normalized spacial score (nSPS) is 13.0. The van der Waals surface area contributed by atoms with Gasteiger partial charge < -0.3 is 14.6 Å². The molecule has 1 aromatic carbocycles. The number of aromatic nitrogens is 4. The standard InChI is InChI=1S/C13H9N5O4S2/c19-11-15-16-12(24-13-14-6-10(17-20)23-13)18(11)7-1-2-8-9(5-7)22-4-3-21-8/h1-2,5-6H,3-4H2,(H,15,19). The van der Waals surface area contributed by atoms with Crippen molar-refractivity contribution in [1.29, 1.82) is 0 Å². The van der Waals surface area contributed by atoms with Crippen molar-refractivity contribution in [2.75, 3.05) is 13.2 Å². The molecule has 0 atom stereocenters. The van der Waals surface area contributed by atoms with E-state index in [1.54, 1.807) is 18.2 Å². The Hall–Kier alpha value is -2.66. The molecule has 24 heavy (non-hydrogen) atoms. The fourth-order valence-electron chi connectivity index (χ4n) is 2.14. The molecule has 0 unspecified atom stereocenters. The fraction of sp³-hybridized carbons (Fsp3) is 0.154. The summed E-state index contributed by atoms with van der Waals surface area (Å²) in [4.78, 5) is 14.6. The first-order chi connectivity index (χ1) is 11.7. The van der Waals surface area contributed by atoms with Crippen LogP contribution in [0.3, 0.4) is 0 Å². The van der Waals surface area contributed by atoms with Crippen molar-refractivity contribution in [3.63, 3.8) is 0 Å². The van der Waals surface area contributed by atoms with Crippen LogP contribution in [0.1, 0.15) is 0 Å². The summed E-state index contributed by atoms with van der Waals surface area (Å²) in [6, 6.07) is 5.00. The van der Waals surface area contributed by atoms with Gasteiger partial charge in [0.1, 0.15) is 13.2 Å². The Bertz CT molecular complexity index is 910. The maximum atomic E-state index is 10.5. The molecule has 1 aliphatic heterocycles. The number of ether oxygens (including phenoxy) is 2. The van der Waals surface area contributed by atoms with E-state index in [9.17, 15) is 10.0 Å². The number of hydrogen-bond donors (Lipinski definition) is 1. The molecule has 0 amide bonds. The Balaban J connectivity index is 1.70. The second kappa shape index (κ2) is 6.09. The van der Waals surface area contributed by atoms with Crippen molar-refractivity contribution in [2.45, 2.75) is 9.50 Å². The maximum absolute atomic E-state index is 10.5. The molecule has 2 aromatic heterocycles. The minimum absolute atomic E-state index is 0.264. The molecule has 1 N–H and O–H groups in total. The van der Waals surface area contributed by atoms with Crippen LogP contribution in [0.15, 0.2) is 39.1 Å². The number of rotatable bonds is 4. The molecule has 0 saturated heterocycles. The van der Waals surface area contributed by atoms with Gasteiger partial charge in [-0.3, -0.25) is 0 Å². The number of benzene rings is 1. The van der Waals surface area contributed by atoms with Crippen LogP contribution in [0, 0.1) is 4.91 Å². The van der Waals surface area contributed by atoms with E-state index in [2.05, 4.69) is 20.4 Å². The monoisotopic (exact) mass is 363 g/mol. The molecule has 1 aliphatic rings. The third kappa shape index (κ3) is 2.67. The lowest BCUT2D eigenvalue weighted by molar-refractivity contribution is 0.171. The number of nitroso groups, excluding NO2 is 1. The van der Waals surface area contributed by atoms with Crippen LogP contribution in [0.5, 0.6) is 17.5 Å². The van der Waals surface area contributed by atoms with Crippen LogP contribution >= 0.6 is 23.1 Å².